The molecule has 2 aliphatic heterocycles. The summed E-state index contributed by atoms with van der Waals surface area (Å²) in [4.78, 5) is 23.2. The first kappa shape index (κ1) is 22.3. The smallest absolute Gasteiger partial charge is 0.326 e. The summed E-state index contributed by atoms with van der Waals surface area (Å²) in [5, 5.41) is 4.31. The van der Waals surface area contributed by atoms with Crippen LogP contribution < -0.4 is 10.4 Å². The lowest BCUT2D eigenvalue weighted by Gasteiger charge is -2.40. The van der Waals surface area contributed by atoms with E-state index in [9.17, 15) is 4.79 Å². The topological polar surface area (TPSA) is 89.7 Å². The number of nitrogens with one attached hydrogen (secondary N) is 1. The first-order valence-corrected chi connectivity index (χ1v) is 12.6. The van der Waals surface area contributed by atoms with Crippen molar-refractivity contribution in [3.05, 3.63) is 46.8 Å². The molecule has 5 heterocycles. The van der Waals surface area contributed by atoms with E-state index >= 15 is 0 Å². The second kappa shape index (κ2) is 9.13. The van der Waals surface area contributed by atoms with Crippen LogP contribution in [0.4, 0.5) is 0 Å². The van der Waals surface area contributed by atoms with Gasteiger partial charge < -0.3 is 14.5 Å². The van der Waals surface area contributed by atoms with Gasteiger partial charge in [-0.2, -0.15) is 5.10 Å². The second-order valence-corrected chi connectivity index (χ2v) is 9.64. The third-order valence-electron chi connectivity index (χ3n) is 7.70. The Hall–Kier alpha value is -3.17. The molecule has 6 rings (SSSR count). The molecule has 3 aromatic heterocycles. The highest BCUT2D eigenvalue weighted by Crippen LogP contribution is 2.34. The first-order chi connectivity index (χ1) is 17.2. The molecule has 0 spiro atoms. The number of fused-ring (bicyclic) bond motifs is 2. The molecule has 1 N–H and O–H groups in total. The van der Waals surface area contributed by atoms with Crippen molar-refractivity contribution in [2.45, 2.75) is 51.1 Å². The molecule has 4 aromatic rings. The number of H-pyrrole nitrogens is 1. The molecule has 2 aliphatic rings. The van der Waals surface area contributed by atoms with Crippen LogP contribution in [0.3, 0.4) is 0 Å². The van der Waals surface area contributed by atoms with Crippen molar-refractivity contribution in [2.24, 2.45) is 0 Å². The molecular formula is C26H32N6O3. The zero-order valence-electron chi connectivity index (χ0n) is 20.4. The largest absolute Gasteiger partial charge is 0.493 e. The van der Waals surface area contributed by atoms with Crippen LogP contribution in [0.15, 0.2) is 35.5 Å². The predicted octanol–water partition coefficient (Wildman–Crippen LogP) is 3.43. The third kappa shape index (κ3) is 3.92. The molecule has 0 bridgehead atoms. The number of aromatic nitrogens is 5. The van der Waals surface area contributed by atoms with E-state index < -0.39 is 0 Å². The molecule has 9 nitrogen and oxygen atoms in total. The fourth-order valence-electron chi connectivity index (χ4n) is 5.91. The van der Waals surface area contributed by atoms with E-state index in [1.54, 1.807) is 11.6 Å². The van der Waals surface area contributed by atoms with E-state index in [-0.39, 0.29) is 11.7 Å². The maximum absolute atomic E-state index is 13.2. The lowest BCUT2D eigenvalue weighted by Crippen LogP contribution is -2.46. The van der Waals surface area contributed by atoms with Gasteiger partial charge in [-0.3, -0.25) is 9.47 Å². The lowest BCUT2D eigenvalue weighted by atomic mass is 9.97. The third-order valence-corrected chi connectivity index (χ3v) is 7.70. The van der Waals surface area contributed by atoms with Crippen LogP contribution in [-0.2, 0) is 11.2 Å². The number of rotatable bonds is 5. The van der Waals surface area contributed by atoms with Gasteiger partial charge in [-0.15, -0.1) is 0 Å². The number of nitrogens with zero attached hydrogens (tertiary/aromatic N) is 5. The van der Waals surface area contributed by atoms with Crippen molar-refractivity contribution in [3.8, 4) is 16.9 Å². The Morgan fingerprint density at radius 1 is 1.17 bits per heavy atom. The zero-order valence-corrected chi connectivity index (χ0v) is 20.4. The highest BCUT2D eigenvalue weighted by atomic mass is 16.5. The van der Waals surface area contributed by atoms with Crippen LogP contribution in [0, 0.1) is 0 Å². The minimum Gasteiger partial charge on any atom is -0.493 e. The fraction of sp³-hybridized carbons (Fsp3) is 0.500. The standard InChI is InChI=1S/C26H32N6O3/c1-3-17-11-23-22(13-21(17)18-12-24(34-2)25-27-16-28-31(25)14-18)29-26(33)32(23)20-5-4-8-30(15-20)19-6-9-35-10-7-19/h11-14,16,19-20H,3-10,15H2,1-2H3,(H,29,33). The Labute approximate surface area is 203 Å². The van der Waals surface area contributed by atoms with E-state index in [1.807, 2.05) is 16.8 Å². The maximum atomic E-state index is 13.2. The number of aryl methyl sites for hydroxylation is 1. The van der Waals surface area contributed by atoms with Crippen LogP contribution in [0.25, 0.3) is 27.8 Å². The quantitative estimate of drug-likeness (QED) is 0.475. The molecule has 0 aliphatic carbocycles. The average Bonchev–Trinajstić information content (AvgIpc) is 3.51. The summed E-state index contributed by atoms with van der Waals surface area (Å²) in [5.74, 6) is 0.670. The molecule has 2 fully saturated rings. The van der Waals surface area contributed by atoms with Crippen molar-refractivity contribution >= 4 is 16.7 Å². The number of likely N-dealkylation sites (tertiary alicyclic amines) is 1. The van der Waals surface area contributed by atoms with Gasteiger partial charge in [0, 0.05) is 37.6 Å². The summed E-state index contributed by atoms with van der Waals surface area (Å²) in [7, 11) is 1.64. The molecule has 1 aromatic carbocycles. The minimum absolute atomic E-state index is 0.0256. The van der Waals surface area contributed by atoms with E-state index in [0.717, 1.165) is 80.6 Å². The summed E-state index contributed by atoms with van der Waals surface area (Å²) in [5.41, 5.74) is 5.74. The van der Waals surface area contributed by atoms with Crippen molar-refractivity contribution < 1.29 is 9.47 Å². The first-order valence-electron chi connectivity index (χ1n) is 12.6. The van der Waals surface area contributed by atoms with Gasteiger partial charge in [0.25, 0.3) is 0 Å². The number of hydrogen-bond donors (Lipinski definition) is 1. The molecule has 0 saturated carbocycles. The van der Waals surface area contributed by atoms with Crippen molar-refractivity contribution in [3.63, 3.8) is 0 Å². The molecule has 184 valence electrons. The second-order valence-electron chi connectivity index (χ2n) is 9.64. The van der Waals surface area contributed by atoms with Gasteiger partial charge in [0.1, 0.15) is 6.33 Å². The van der Waals surface area contributed by atoms with Crippen LogP contribution >= 0.6 is 0 Å². The SMILES string of the molecule is CCc1cc2c(cc1-c1cc(OC)c3ncnn3c1)[nH]c(=O)n2C1CCCN(C2CCOCC2)C1. The Kier molecular flexibility index (Phi) is 5.82. The number of benzene rings is 1. The van der Waals surface area contributed by atoms with Crippen molar-refractivity contribution in [1.29, 1.82) is 0 Å². The number of imidazole rings is 1. The van der Waals surface area contributed by atoms with E-state index in [4.69, 9.17) is 9.47 Å². The van der Waals surface area contributed by atoms with Crippen molar-refractivity contribution in [1.82, 2.24) is 29.0 Å². The van der Waals surface area contributed by atoms with Crippen LogP contribution in [0.1, 0.15) is 44.2 Å². The zero-order chi connectivity index (χ0) is 23.9. The van der Waals surface area contributed by atoms with Gasteiger partial charge in [0.2, 0.25) is 0 Å². The summed E-state index contributed by atoms with van der Waals surface area (Å²) in [6, 6.07) is 7.02. The molecule has 1 atom stereocenters. The number of pyridine rings is 1. The Bertz CT molecular complexity index is 1410. The van der Waals surface area contributed by atoms with Gasteiger partial charge in [-0.1, -0.05) is 6.92 Å². The van der Waals surface area contributed by atoms with Crippen LogP contribution in [-0.4, -0.2) is 68.5 Å². The van der Waals surface area contributed by atoms with Crippen LogP contribution in [0.5, 0.6) is 5.75 Å². The summed E-state index contributed by atoms with van der Waals surface area (Å²) in [6.07, 6.45) is 8.63. The number of ether oxygens (including phenoxy) is 2. The molecule has 0 radical (unpaired) electrons. The monoisotopic (exact) mass is 476 g/mol. The number of piperidine rings is 1. The number of methoxy groups -OCH3 is 1. The van der Waals surface area contributed by atoms with Gasteiger partial charge in [-0.05, 0) is 68.0 Å². The fourth-order valence-corrected chi connectivity index (χ4v) is 5.91. The summed E-state index contributed by atoms with van der Waals surface area (Å²) in [6.45, 7) is 5.86. The summed E-state index contributed by atoms with van der Waals surface area (Å²) >= 11 is 0. The minimum atomic E-state index is -0.0256. The Balaban J connectivity index is 1.40. The average molecular weight is 477 g/mol. The summed E-state index contributed by atoms with van der Waals surface area (Å²) < 4.78 is 14.9. The van der Waals surface area contributed by atoms with Gasteiger partial charge in [0.05, 0.1) is 24.2 Å². The van der Waals surface area contributed by atoms with Crippen LogP contribution in [0.2, 0.25) is 0 Å². The molecule has 35 heavy (non-hydrogen) atoms. The molecule has 2 saturated heterocycles. The van der Waals surface area contributed by atoms with Gasteiger partial charge in [0.15, 0.2) is 11.4 Å². The van der Waals surface area contributed by atoms with E-state index in [2.05, 4.69) is 39.0 Å². The normalized spacial score (nSPS) is 20.1. The predicted molar refractivity (Wildman–Crippen MR) is 134 cm³/mol. The molecular weight excluding hydrogens is 444 g/mol. The molecule has 1 unspecified atom stereocenters. The van der Waals surface area contributed by atoms with E-state index in [0.29, 0.717) is 17.4 Å². The number of aromatic amines is 1. The maximum Gasteiger partial charge on any atom is 0.326 e. The molecule has 0 amide bonds. The number of hydrogen-bond acceptors (Lipinski definition) is 6. The van der Waals surface area contributed by atoms with Gasteiger partial charge in [-0.25, -0.2) is 14.3 Å². The Morgan fingerprint density at radius 3 is 2.83 bits per heavy atom. The van der Waals surface area contributed by atoms with Gasteiger partial charge >= 0.3 is 5.69 Å². The molecule has 9 heteroatoms. The Morgan fingerprint density at radius 2 is 2.03 bits per heavy atom. The lowest BCUT2D eigenvalue weighted by molar-refractivity contribution is 0.0191. The highest BCUT2D eigenvalue weighted by Gasteiger charge is 2.30. The highest BCUT2D eigenvalue weighted by molar-refractivity contribution is 5.85. The van der Waals surface area contributed by atoms with E-state index in [1.165, 1.54) is 11.9 Å². The van der Waals surface area contributed by atoms with Crippen molar-refractivity contribution in [2.75, 3.05) is 33.4 Å².